The van der Waals surface area contributed by atoms with Crippen molar-refractivity contribution in [3.63, 3.8) is 0 Å². The third kappa shape index (κ3) is 3.25. The van der Waals surface area contributed by atoms with Gasteiger partial charge in [-0.25, -0.2) is 14.5 Å². The van der Waals surface area contributed by atoms with Crippen molar-refractivity contribution in [2.45, 2.75) is 20.4 Å². The zero-order valence-corrected chi connectivity index (χ0v) is 14.8. The number of fused-ring (bicyclic) bond motifs is 1. The van der Waals surface area contributed by atoms with Crippen LogP contribution in [0.25, 0.3) is 17.2 Å². The Hall–Kier alpha value is -3.66. The summed E-state index contributed by atoms with van der Waals surface area (Å²) in [5.41, 5.74) is 8.62. The summed E-state index contributed by atoms with van der Waals surface area (Å²) in [6.07, 6.45) is 0. The number of aromatic amines is 1. The van der Waals surface area contributed by atoms with Crippen LogP contribution in [0.15, 0.2) is 30.3 Å². The van der Waals surface area contributed by atoms with E-state index in [4.69, 9.17) is 5.73 Å². The van der Waals surface area contributed by atoms with Crippen molar-refractivity contribution in [3.8, 4) is 11.4 Å². The number of hydrogen-bond acceptors (Lipinski definition) is 7. The predicted molar refractivity (Wildman–Crippen MR) is 97.9 cm³/mol. The Morgan fingerprint density at radius 1 is 1.19 bits per heavy atom. The van der Waals surface area contributed by atoms with Gasteiger partial charge in [0.15, 0.2) is 5.82 Å². The molecule has 0 aliphatic heterocycles. The van der Waals surface area contributed by atoms with Gasteiger partial charge in [0.2, 0.25) is 5.82 Å². The summed E-state index contributed by atoms with van der Waals surface area (Å²) < 4.78 is 1.54. The molecule has 27 heavy (non-hydrogen) atoms. The average molecular weight is 363 g/mol. The molecule has 10 heteroatoms. The van der Waals surface area contributed by atoms with Crippen molar-refractivity contribution in [1.29, 1.82) is 0 Å². The number of nitrogens with zero attached hydrogens (tertiary/aromatic N) is 6. The van der Waals surface area contributed by atoms with Crippen LogP contribution in [0.5, 0.6) is 0 Å². The fourth-order valence-corrected chi connectivity index (χ4v) is 2.67. The van der Waals surface area contributed by atoms with Gasteiger partial charge in [-0.15, -0.1) is 5.10 Å². The molecule has 4 rings (SSSR count). The molecular weight excluding hydrogens is 346 g/mol. The third-order valence-electron chi connectivity index (χ3n) is 3.95. The molecule has 136 valence electrons. The van der Waals surface area contributed by atoms with E-state index in [2.05, 4.69) is 35.6 Å². The Bertz CT molecular complexity index is 1130. The standard InChI is InChI=1S/C17H17N9O/c1-9-7-10(2)26-17(19-9)22-15(25-26)16(27)20-12-5-3-11(4-6-12)14-21-13(8-18)23-24-14/h3-7H,8,18H2,1-2H3,(H,20,27)(H,21,23,24). The van der Waals surface area contributed by atoms with Crippen LogP contribution in [0.2, 0.25) is 0 Å². The van der Waals surface area contributed by atoms with Crippen molar-refractivity contribution in [3.05, 3.63) is 53.4 Å². The molecule has 0 unspecified atom stereocenters. The summed E-state index contributed by atoms with van der Waals surface area (Å²) in [7, 11) is 0. The van der Waals surface area contributed by atoms with Crippen molar-refractivity contribution in [2.24, 2.45) is 5.73 Å². The van der Waals surface area contributed by atoms with Crippen LogP contribution in [-0.2, 0) is 6.54 Å². The lowest BCUT2D eigenvalue weighted by atomic mass is 10.2. The van der Waals surface area contributed by atoms with Crippen LogP contribution in [0, 0.1) is 13.8 Å². The Labute approximate surface area is 153 Å². The van der Waals surface area contributed by atoms with Crippen LogP contribution in [0.1, 0.15) is 27.8 Å². The second kappa shape index (κ2) is 6.57. The third-order valence-corrected chi connectivity index (χ3v) is 3.95. The SMILES string of the molecule is Cc1cc(C)n2nc(C(=O)Nc3ccc(-c4n[nH]c(CN)n4)cc3)nc2n1. The Morgan fingerprint density at radius 3 is 2.67 bits per heavy atom. The van der Waals surface area contributed by atoms with Gasteiger partial charge in [-0.05, 0) is 44.2 Å². The van der Waals surface area contributed by atoms with Gasteiger partial charge in [-0.2, -0.15) is 10.1 Å². The molecule has 1 amide bonds. The van der Waals surface area contributed by atoms with E-state index in [1.165, 1.54) is 0 Å². The van der Waals surface area contributed by atoms with Crippen molar-refractivity contribution < 1.29 is 4.79 Å². The van der Waals surface area contributed by atoms with Gasteiger partial charge in [0.1, 0.15) is 5.82 Å². The number of anilines is 1. The first-order chi connectivity index (χ1) is 13.0. The van der Waals surface area contributed by atoms with Crippen molar-refractivity contribution >= 4 is 17.4 Å². The summed E-state index contributed by atoms with van der Waals surface area (Å²) in [6.45, 7) is 4.05. The van der Waals surface area contributed by atoms with E-state index in [9.17, 15) is 4.79 Å². The maximum absolute atomic E-state index is 12.5. The molecule has 3 aromatic heterocycles. The lowest BCUT2D eigenvalue weighted by Gasteiger charge is -2.03. The number of aromatic nitrogens is 7. The van der Waals surface area contributed by atoms with Crippen LogP contribution in [-0.4, -0.2) is 40.7 Å². The van der Waals surface area contributed by atoms with E-state index in [-0.39, 0.29) is 5.82 Å². The fraction of sp³-hybridized carbons (Fsp3) is 0.176. The largest absolute Gasteiger partial charge is 0.324 e. The normalized spacial score (nSPS) is 11.1. The number of hydrogen-bond donors (Lipinski definition) is 3. The molecule has 4 N–H and O–H groups in total. The molecule has 0 saturated heterocycles. The zero-order valence-electron chi connectivity index (χ0n) is 14.8. The quantitative estimate of drug-likeness (QED) is 0.495. The highest BCUT2D eigenvalue weighted by Gasteiger charge is 2.15. The number of rotatable bonds is 4. The van der Waals surface area contributed by atoms with Gasteiger partial charge in [0, 0.05) is 22.6 Å². The second-order valence-electron chi connectivity index (χ2n) is 6.03. The van der Waals surface area contributed by atoms with Crippen LogP contribution in [0.3, 0.4) is 0 Å². The molecule has 0 fully saturated rings. The Kier molecular flexibility index (Phi) is 4.09. The lowest BCUT2D eigenvalue weighted by molar-refractivity contribution is 0.101. The number of nitrogens with one attached hydrogen (secondary N) is 2. The van der Waals surface area contributed by atoms with Crippen LogP contribution in [0.4, 0.5) is 5.69 Å². The molecule has 10 nitrogen and oxygen atoms in total. The minimum atomic E-state index is -0.409. The average Bonchev–Trinajstić information content (AvgIpc) is 3.29. The first kappa shape index (κ1) is 16.8. The number of carbonyl (C=O) groups is 1. The monoisotopic (exact) mass is 363 g/mol. The second-order valence-corrected chi connectivity index (χ2v) is 6.03. The van der Waals surface area contributed by atoms with E-state index < -0.39 is 5.91 Å². The number of benzene rings is 1. The minimum Gasteiger partial charge on any atom is -0.324 e. The van der Waals surface area contributed by atoms with Crippen LogP contribution >= 0.6 is 0 Å². The van der Waals surface area contributed by atoms with Gasteiger partial charge < -0.3 is 11.1 Å². The first-order valence-corrected chi connectivity index (χ1v) is 8.27. The van der Waals surface area contributed by atoms with Crippen molar-refractivity contribution in [2.75, 3.05) is 5.32 Å². The Morgan fingerprint density at radius 2 is 1.96 bits per heavy atom. The number of amides is 1. The van der Waals surface area contributed by atoms with E-state index >= 15 is 0 Å². The molecule has 0 radical (unpaired) electrons. The van der Waals surface area contributed by atoms with E-state index in [1.54, 1.807) is 16.6 Å². The minimum absolute atomic E-state index is 0.0573. The van der Waals surface area contributed by atoms with Crippen LogP contribution < -0.4 is 11.1 Å². The summed E-state index contributed by atoms with van der Waals surface area (Å²) in [6, 6.07) is 9.02. The van der Waals surface area contributed by atoms with Gasteiger partial charge in [-0.1, -0.05) is 0 Å². The highest BCUT2D eigenvalue weighted by Crippen LogP contribution is 2.18. The maximum atomic E-state index is 12.5. The van der Waals surface area contributed by atoms with E-state index in [0.29, 0.717) is 29.7 Å². The number of nitrogens with two attached hydrogens (primary N) is 1. The maximum Gasteiger partial charge on any atom is 0.295 e. The molecule has 0 aliphatic carbocycles. The van der Waals surface area contributed by atoms with Gasteiger partial charge in [0.05, 0.1) is 6.54 Å². The van der Waals surface area contributed by atoms with Gasteiger partial charge >= 0.3 is 0 Å². The molecule has 1 aromatic carbocycles. The topological polar surface area (TPSA) is 140 Å². The highest BCUT2D eigenvalue weighted by atomic mass is 16.2. The summed E-state index contributed by atoms with van der Waals surface area (Å²) in [4.78, 5) is 25.2. The lowest BCUT2D eigenvalue weighted by Crippen LogP contribution is -2.14. The molecule has 0 saturated carbocycles. The van der Waals surface area contributed by atoms with Crippen molar-refractivity contribution in [1.82, 2.24) is 34.8 Å². The molecule has 0 spiro atoms. The van der Waals surface area contributed by atoms with Gasteiger partial charge in [0.25, 0.3) is 11.7 Å². The molecule has 3 heterocycles. The zero-order chi connectivity index (χ0) is 19.0. The molecule has 0 bridgehead atoms. The number of H-pyrrole nitrogens is 1. The Balaban J connectivity index is 1.53. The summed E-state index contributed by atoms with van der Waals surface area (Å²) >= 11 is 0. The fourth-order valence-electron chi connectivity index (χ4n) is 2.67. The number of carbonyl (C=O) groups excluding carboxylic acids is 1. The summed E-state index contributed by atoms with van der Waals surface area (Å²) in [5.74, 6) is 1.20. The van der Waals surface area contributed by atoms with E-state index in [0.717, 1.165) is 17.0 Å². The number of aryl methyl sites for hydroxylation is 2. The first-order valence-electron chi connectivity index (χ1n) is 8.27. The smallest absolute Gasteiger partial charge is 0.295 e. The van der Waals surface area contributed by atoms with E-state index in [1.807, 2.05) is 32.0 Å². The molecule has 0 aliphatic rings. The van der Waals surface area contributed by atoms with Gasteiger partial charge in [-0.3, -0.25) is 9.89 Å². The molecular formula is C17H17N9O. The molecule has 4 aromatic rings. The predicted octanol–water partition coefficient (Wildman–Crippen LogP) is 1.24. The highest BCUT2D eigenvalue weighted by molar-refractivity contribution is 6.01. The molecule has 0 atom stereocenters. The summed E-state index contributed by atoms with van der Waals surface area (Å²) in [5, 5.41) is 13.9.